The van der Waals surface area contributed by atoms with Gasteiger partial charge in [-0.05, 0) is 48.5 Å². The van der Waals surface area contributed by atoms with E-state index in [0.29, 0.717) is 11.3 Å². The zero-order chi connectivity index (χ0) is 22.1. The monoisotopic (exact) mass is 426 g/mol. The first-order chi connectivity index (χ1) is 15.7. The highest BCUT2D eigenvalue weighted by Crippen LogP contribution is 2.40. The number of aromatic amines is 1. The summed E-state index contributed by atoms with van der Waals surface area (Å²) < 4.78 is 10.7. The number of hydrogen-bond acceptors (Lipinski definition) is 5. The number of rotatable bonds is 5. The minimum absolute atomic E-state index is 0.0977. The zero-order valence-corrected chi connectivity index (χ0v) is 17.7. The van der Waals surface area contributed by atoms with E-state index >= 15 is 0 Å². The van der Waals surface area contributed by atoms with E-state index in [1.807, 2.05) is 72.8 Å². The van der Waals surface area contributed by atoms with Gasteiger partial charge < -0.3 is 14.8 Å². The summed E-state index contributed by atoms with van der Waals surface area (Å²) >= 11 is 0. The largest absolute Gasteiger partial charge is 0.497 e. The van der Waals surface area contributed by atoms with Crippen molar-refractivity contribution in [3.63, 3.8) is 0 Å². The van der Waals surface area contributed by atoms with Crippen molar-refractivity contribution in [1.29, 1.82) is 0 Å². The van der Waals surface area contributed by atoms with Crippen molar-refractivity contribution in [3.05, 3.63) is 90.1 Å². The number of ether oxygens (including phenoxy) is 2. The van der Waals surface area contributed by atoms with Crippen molar-refractivity contribution in [3.8, 4) is 22.8 Å². The highest BCUT2D eigenvalue weighted by atomic mass is 16.5. The molecule has 0 radical (unpaired) electrons. The molecular formula is C25H22N4O3. The minimum Gasteiger partial charge on any atom is -0.497 e. The molecule has 32 heavy (non-hydrogen) atoms. The van der Waals surface area contributed by atoms with Crippen LogP contribution in [-0.2, 0) is 0 Å². The number of carbonyl (C=O) groups excluding carboxylic acids is 1. The fourth-order valence-electron chi connectivity index (χ4n) is 3.99. The molecule has 5 rings (SSSR count). The molecule has 2 heterocycles. The first-order valence-corrected chi connectivity index (χ1v) is 10.2. The Balaban J connectivity index is 1.64. The average Bonchev–Trinajstić information content (AvgIpc) is 3.34. The van der Waals surface area contributed by atoms with E-state index in [0.717, 1.165) is 33.9 Å². The number of fused-ring (bicyclic) bond motifs is 1. The Morgan fingerprint density at radius 1 is 0.906 bits per heavy atom. The summed E-state index contributed by atoms with van der Waals surface area (Å²) in [5, 5.41) is 10.9. The molecule has 1 aliphatic rings. The van der Waals surface area contributed by atoms with Crippen LogP contribution in [0.25, 0.3) is 11.3 Å². The summed E-state index contributed by atoms with van der Waals surface area (Å²) in [4.78, 5) is 15.4. The van der Waals surface area contributed by atoms with E-state index in [4.69, 9.17) is 9.47 Å². The Labute approximate surface area is 185 Å². The third-order valence-electron chi connectivity index (χ3n) is 5.60. The van der Waals surface area contributed by atoms with Crippen molar-refractivity contribution in [2.45, 2.75) is 6.17 Å². The van der Waals surface area contributed by atoms with Crippen molar-refractivity contribution in [2.75, 3.05) is 24.4 Å². The van der Waals surface area contributed by atoms with Gasteiger partial charge in [-0.3, -0.25) is 14.8 Å². The lowest BCUT2D eigenvalue weighted by atomic mass is 10.00. The number of nitrogens with zero attached hydrogens (tertiary/aromatic N) is 2. The number of nitrogens with one attached hydrogen (secondary N) is 2. The van der Waals surface area contributed by atoms with Gasteiger partial charge in [-0.25, -0.2) is 0 Å². The van der Waals surface area contributed by atoms with E-state index in [1.54, 1.807) is 25.3 Å². The van der Waals surface area contributed by atoms with Crippen LogP contribution in [0.15, 0.2) is 79.0 Å². The quantitative estimate of drug-likeness (QED) is 0.476. The van der Waals surface area contributed by atoms with E-state index in [9.17, 15) is 4.79 Å². The summed E-state index contributed by atoms with van der Waals surface area (Å²) in [5.41, 5.74) is 4.73. The first-order valence-electron chi connectivity index (χ1n) is 10.2. The Morgan fingerprint density at radius 2 is 1.69 bits per heavy atom. The topological polar surface area (TPSA) is 79.5 Å². The molecule has 0 fully saturated rings. The molecule has 3 aromatic carbocycles. The van der Waals surface area contributed by atoms with Crippen LogP contribution >= 0.6 is 0 Å². The fraction of sp³-hybridized carbons (Fsp3) is 0.120. The normalized spacial score (nSPS) is 15.1. The van der Waals surface area contributed by atoms with Crippen LogP contribution in [0.3, 0.4) is 0 Å². The lowest BCUT2D eigenvalue weighted by Gasteiger charge is -2.38. The number of benzene rings is 3. The van der Waals surface area contributed by atoms with Crippen molar-refractivity contribution in [1.82, 2.24) is 10.2 Å². The summed E-state index contributed by atoms with van der Waals surface area (Å²) in [6.45, 7) is 0. The third kappa shape index (κ3) is 3.33. The number of aromatic nitrogens is 2. The predicted molar refractivity (Wildman–Crippen MR) is 123 cm³/mol. The van der Waals surface area contributed by atoms with E-state index < -0.39 is 6.17 Å². The maximum absolute atomic E-state index is 13.7. The standard InChI is InChI=1S/C25H22N4O3/c1-31-18-12-10-16(11-13-18)23-21(15-26-28-23)24-27-22-9-4-3-8-20(22)25(30)29(24)17-6-5-7-19(14-17)32-2/h3-15,24,27H,1-2H3,(H,26,28)/t24-/m1/s1. The first kappa shape index (κ1) is 19.7. The Morgan fingerprint density at radius 3 is 2.47 bits per heavy atom. The van der Waals surface area contributed by atoms with Gasteiger partial charge in [-0.15, -0.1) is 0 Å². The molecule has 1 atom stereocenters. The summed E-state index contributed by atoms with van der Waals surface area (Å²) in [6.07, 6.45) is 1.28. The number of amides is 1. The predicted octanol–water partition coefficient (Wildman–Crippen LogP) is 4.87. The van der Waals surface area contributed by atoms with Gasteiger partial charge in [-0.1, -0.05) is 18.2 Å². The van der Waals surface area contributed by atoms with Gasteiger partial charge in [0.15, 0.2) is 0 Å². The Hall–Kier alpha value is -4.26. The number of carbonyl (C=O) groups is 1. The van der Waals surface area contributed by atoms with Crippen LogP contribution in [0.4, 0.5) is 11.4 Å². The number of anilines is 2. The molecule has 4 aromatic rings. The molecule has 160 valence electrons. The Bertz CT molecular complexity index is 1270. The molecule has 0 saturated carbocycles. The van der Waals surface area contributed by atoms with Gasteiger partial charge in [0.05, 0.1) is 37.4 Å². The fourth-order valence-corrected chi connectivity index (χ4v) is 3.99. The third-order valence-corrected chi connectivity index (χ3v) is 5.60. The molecule has 1 aromatic heterocycles. The minimum atomic E-state index is -0.472. The van der Waals surface area contributed by atoms with Crippen LogP contribution in [0.5, 0.6) is 11.5 Å². The lowest BCUT2D eigenvalue weighted by Crippen LogP contribution is -2.43. The van der Waals surface area contributed by atoms with Gasteiger partial charge >= 0.3 is 0 Å². The number of para-hydroxylation sites is 1. The molecule has 0 saturated heterocycles. The maximum Gasteiger partial charge on any atom is 0.262 e. The molecule has 0 aliphatic carbocycles. The van der Waals surface area contributed by atoms with Gasteiger partial charge in [0, 0.05) is 22.9 Å². The second kappa shape index (κ2) is 8.11. The molecule has 0 spiro atoms. The molecule has 2 N–H and O–H groups in total. The molecule has 1 aliphatic heterocycles. The van der Waals surface area contributed by atoms with Gasteiger partial charge in [0.1, 0.15) is 17.7 Å². The number of methoxy groups -OCH3 is 2. The van der Waals surface area contributed by atoms with Crippen LogP contribution in [0.2, 0.25) is 0 Å². The molecule has 7 nitrogen and oxygen atoms in total. The molecule has 7 heteroatoms. The second-order valence-corrected chi connectivity index (χ2v) is 7.40. The zero-order valence-electron chi connectivity index (χ0n) is 17.7. The van der Waals surface area contributed by atoms with E-state index in [2.05, 4.69) is 15.5 Å². The van der Waals surface area contributed by atoms with Gasteiger partial charge in [0.25, 0.3) is 5.91 Å². The summed E-state index contributed by atoms with van der Waals surface area (Å²) in [6, 6.07) is 22.7. The maximum atomic E-state index is 13.7. The van der Waals surface area contributed by atoms with Gasteiger partial charge in [0.2, 0.25) is 0 Å². The average molecular weight is 426 g/mol. The second-order valence-electron chi connectivity index (χ2n) is 7.40. The molecule has 0 bridgehead atoms. The van der Waals surface area contributed by atoms with Crippen molar-refractivity contribution >= 4 is 17.3 Å². The smallest absolute Gasteiger partial charge is 0.262 e. The van der Waals surface area contributed by atoms with Crippen LogP contribution in [0.1, 0.15) is 22.1 Å². The molecular weight excluding hydrogens is 404 g/mol. The number of hydrogen-bond donors (Lipinski definition) is 2. The SMILES string of the molecule is COc1ccc(-c2[nH]ncc2[C@@H]2Nc3ccccc3C(=O)N2c2cccc(OC)c2)cc1. The summed E-state index contributed by atoms with van der Waals surface area (Å²) in [7, 11) is 3.25. The highest BCUT2D eigenvalue weighted by molar-refractivity contribution is 6.12. The molecule has 1 amide bonds. The van der Waals surface area contributed by atoms with Crippen molar-refractivity contribution < 1.29 is 14.3 Å². The van der Waals surface area contributed by atoms with Crippen molar-refractivity contribution in [2.24, 2.45) is 0 Å². The lowest BCUT2D eigenvalue weighted by molar-refractivity contribution is 0.0975. The molecule has 0 unspecified atom stereocenters. The Kier molecular flexibility index (Phi) is 4.99. The van der Waals surface area contributed by atoms with Crippen LogP contribution in [-0.4, -0.2) is 30.3 Å². The summed E-state index contributed by atoms with van der Waals surface area (Å²) in [5.74, 6) is 1.35. The number of H-pyrrole nitrogens is 1. The van der Waals surface area contributed by atoms with E-state index in [1.165, 1.54) is 0 Å². The van der Waals surface area contributed by atoms with Crippen LogP contribution in [0, 0.1) is 0 Å². The highest BCUT2D eigenvalue weighted by Gasteiger charge is 2.36. The van der Waals surface area contributed by atoms with E-state index in [-0.39, 0.29) is 5.91 Å². The van der Waals surface area contributed by atoms with Crippen LogP contribution < -0.4 is 19.7 Å². The van der Waals surface area contributed by atoms with Gasteiger partial charge in [-0.2, -0.15) is 5.10 Å².